The van der Waals surface area contributed by atoms with Crippen molar-refractivity contribution in [2.75, 3.05) is 6.61 Å². The minimum Gasteiger partial charge on any atom is -0.358 e. The summed E-state index contributed by atoms with van der Waals surface area (Å²) in [5, 5.41) is 0. The van der Waals surface area contributed by atoms with Crippen LogP contribution in [0.2, 0.25) is 0 Å². The zero-order valence-corrected chi connectivity index (χ0v) is 14.4. The molecule has 22 heavy (non-hydrogen) atoms. The van der Waals surface area contributed by atoms with E-state index < -0.39 is 0 Å². The highest BCUT2D eigenvalue weighted by atomic mass is 16.5. The van der Waals surface area contributed by atoms with Crippen LogP contribution in [-0.2, 0) is 4.74 Å². The van der Waals surface area contributed by atoms with Gasteiger partial charge in [-0.1, -0.05) is 64.7 Å². The van der Waals surface area contributed by atoms with Gasteiger partial charge in [0.25, 0.3) is 0 Å². The predicted molar refractivity (Wildman–Crippen MR) is 91.8 cm³/mol. The third kappa shape index (κ3) is 6.51. The average Bonchev–Trinajstić information content (AvgIpc) is 3.08. The van der Waals surface area contributed by atoms with Gasteiger partial charge in [0.1, 0.15) is 6.23 Å². The molecule has 1 aromatic heterocycles. The fraction of sp³-hybridized carbons (Fsp3) is 0.842. The Kier molecular flexibility index (Phi) is 8.62. The summed E-state index contributed by atoms with van der Waals surface area (Å²) in [6, 6.07) is 0. The standard InChI is InChI=1S/C19H34N2O/c1-2-3-4-5-9-12-19(21-15-14-20-17-21)22-16-13-18-10-7-6-8-11-18/h14-15,17-19H,2-13,16H2,1H3. The zero-order chi connectivity index (χ0) is 15.5. The molecule has 0 saturated heterocycles. The summed E-state index contributed by atoms with van der Waals surface area (Å²) in [4.78, 5) is 4.18. The van der Waals surface area contributed by atoms with E-state index in [9.17, 15) is 0 Å². The van der Waals surface area contributed by atoms with Gasteiger partial charge in [0.2, 0.25) is 0 Å². The fourth-order valence-corrected chi connectivity index (χ4v) is 3.53. The molecule has 0 aromatic carbocycles. The van der Waals surface area contributed by atoms with Gasteiger partial charge < -0.3 is 9.30 Å². The third-order valence-corrected chi connectivity index (χ3v) is 4.97. The van der Waals surface area contributed by atoms with Crippen LogP contribution in [0, 0.1) is 5.92 Å². The molecule has 0 aliphatic heterocycles. The van der Waals surface area contributed by atoms with E-state index in [1.54, 1.807) is 0 Å². The van der Waals surface area contributed by atoms with Gasteiger partial charge in [0, 0.05) is 19.0 Å². The summed E-state index contributed by atoms with van der Waals surface area (Å²) in [6.07, 6.45) is 22.1. The molecule has 1 aliphatic carbocycles. The highest BCUT2D eigenvalue weighted by molar-refractivity contribution is 4.77. The molecular formula is C19H34N2O. The summed E-state index contributed by atoms with van der Waals surface area (Å²) in [5.74, 6) is 0.904. The lowest BCUT2D eigenvalue weighted by Gasteiger charge is -2.24. The van der Waals surface area contributed by atoms with E-state index in [4.69, 9.17) is 4.74 Å². The molecule has 3 heteroatoms. The SMILES string of the molecule is CCCCCCCC(OCCC1CCCCC1)n1ccnc1. The van der Waals surface area contributed by atoms with E-state index in [0.717, 1.165) is 18.9 Å². The summed E-state index contributed by atoms with van der Waals surface area (Å²) in [5.41, 5.74) is 0. The molecule has 0 radical (unpaired) electrons. The van der Waals surface area contributed by atoms with Crippen molar-refractivity contribution in [3.8, 4) is 0 Å². The molecule has 3 nitrogen and oxygen atoms in total. The van der Waals surface area contributed by atoms with E-state index in [1.807, 2.05) is 18.7 Å². The van der Waals surface area contributed by atoms with Crippen LogP contribution < -0.4 is 0 Å². The Morgan fingerprint density at radius 3 is 2.68 bits per heavy atom. The van der Waals surface area contributed by atoms with E-state index in [-0.39, 0.29) is 6.23 Å². The molecule has 2 rings (SSSR count). The van der Waals surface area contributed by atoms with Gasteiger partial charge in [0.05, 0.1) is 6.33 Å². The molecule has 0 N–H and O–H groups in total. The van der Waals surface area contributed by atoms with Gasteiger partial charge in [-0.05, 0) is 25.2 Å². The summed E-state index contributed by atoms with van der Waals surface area (Å²) in [7, 11) is 0. The number of rotatable bonds is 11. The highest BCUT2D eigenvalue weighted by Gasteiger charge is 2.15. The van der Waals surface area contributed by atoms with Gasteiger partial charge in [-0.3, -0.25) is 0 Å². The molecule has 1 saturated carbocycles. The highest BCUT2D eigenvalue weighted by Crippen LogP contribution is 2.27. The van der Waals surface area contributed by atoms with Crippen LogP contribution >= 0.6 is 0 Å². The topological polar surface area (TPSA) is 27.1 Å². The largest absolute Gasteiger partial charge is 0.358 e. The minimum atomic E-state index is 0.188. The molecule has 0 amide bonds. The van der Waals surface area contributed by atoms with E-state index in [0.29, 0.717) is 0 Å². The van der Waals surface area contributed by atoms with E-state index in [1.165, 1.54) is 70.6 Å². The Morgan fingerprint density at radius 2 is 1.95 bits per heavy atom. The minimum absolute atomic E-state index is 0.188. The van der Waals surface area contributed by atoms with E-state index in [2.05, 4.69) is 16.5 Å². The van der Waals surface area contributed by atoms with Crippen LogP contribution in [0.1, 0.15) is 90.2 Å². The van der Waals surface area contributed by atoms with Crippen LogP contribution in [0.25, 0.3) is 0 Å². The lowest BCUT2D eigenvalue weighted by Crippen LogP contribution is -2.15. The Hall–Kier alpha value is -0.830. The molecule has 1 fully saturated rings. The zero-order valence-electron chi connectivity index (χ0n) is 14.4. The van der Waals surface area contributed by atoms with Crippen LogP contribution in [-0.4, -0.2) is 16.2 Å². The second-order valence-corrected chi connectivity index (χ2v) is 6.83. The van der Waals surface area contributed by atoms with Crippen molar-refractivity contribution in [1.29, 1.82) is 0 Å². The lowest BCUT2D eigenvalue weighted by molar-refractivity contribution is -0.0130. The number of ether oxygens (including phenoxy) is 1. The summed E-state index contributed by atoms with van der Waals surface area (Å²) >= 11 is 0. The maximum atomic E-state index is 6.22. The summed E-state index contributed by atoms with van der Waals surface area (Å²) < 4.78 is 8.36. The first kappa shape index (κ1) is 17.5. The average molecular weight is 306 g/mol. The van der Waals surface area contributed by atoms with Crippen molar-refractivity contribution >= 4 is 0 Å². The molecule has 1 atom stereocenters. The number of hydrogen-bond donors (Lipinski definition) is 0. The molecule has 1 aromatic rings. The second-order valence-electron chi connectivity index (χ2n) is 6.83. The Morgan fingerprint density at radius 1 is 1.14 bits per heavy atom. The Bertz CT molecular complexity index is 358. The molecular weight excluding hydrogens is 272 g/mol. The van der Waals surface area contributed by atoms with E-state index >= 15 is 0 Å². The number of unbranched alkanes of at least 4 members (excludes halogenated alkanes) is 4. The monoisotopic (exact) mass is 306 g/mol. The quantitative estimate of drug-likeness (QED) is 0.488. The first-order valence-electron chi connectivity index (χ1n) is 9.49. The van der Waals surface area contributed by atoms with Gasteiger partial charge in [-0.25, -0.2) is 4.98 Å². The first-order chi connectivity index (χ1) is 10.9. The third-order valence-electron chi connectivity index (χ3n) is 4.97. The first-order valence-corrected chi connectivity index (χ1v) is 9.49. The maximum Gasteiger partial charge on any atom is 0.134 e. The number of nitrogens with zero attached hydrogens (tertiary/aromatic N) is 2. The molecule has 1 heterocycles. The molecule has 1 unspecified atom stereocenters. The van der Waals surface area contributed by atoms with Gasteiger partial charge >= 0.3 is 0 Å². The second kappa shape index (κ2) is 10.8. The van der Waals surface area contributed by atoms with Crippen LogP contribution in [0.15, 0.2) is 18.7 Å². The normalized spacial score (nSPS) is 17.7. The molecule has 0 bridgehead atoms. The number of aromatic nitrogens is 2. The Balaban J connectivity index is 1.68. The fourth-order valence-electron chi connectivity index (χ4n) is 3.53. The van der Waals surface area contributed by atoms with Crippen molar-refractivity contribution in [3.05, 3.63) is 18.7 Å². The Labute approximate surface area is 136 Å². The lowest BCUT2D eigenvalue weighted by atomic mass is 9.87. The van der Waals surface area contributed by atoms with Gasteiger partial charge in [-0.15, -0.1) is 0 Å². The van der Waals surface area contributed by atoms with Gasteiger partial charge in [-0.2, -0.15) is 0 Å². The summed E-state index contributed by atoms with van der Waals surface area (Å²) in [6.45, 7) is 3.17. The molecule has 0 spiro atoms. The predicted octanol–water partition coefficient (Wildman–Crippen LogP) is 5.73. The van der Waals surface area contributed by atoms with Crippen molar-refractivity contribution in [1.82, 2.24) is 9.55 Å². The van der Waals surface area contributed by atoms with Crippen molar-refractivity contribution < 1.29 is 4.74 Å². The molecule has 126 valence electrons. The maximum absolute atomic E-state index is 6.22. The van der Waals surface area contributed by atoms with Crippen molar-refractivity contribution in [2.45, 2.75) is 90.2 Å². The number of imidazole rings is 1. The van der Waals surface area contributed by atoms with Crippen LogP contribution in [0.3, 0.4) is 0 Å². The number of hydrogen-bond acceptors (Lipinski definition) is 2. The van der Waals surface area contributed by atoms with Crippen LogP contribution in [0.4, 0.5) is 0 Å². The van der Waals surface area contributed by atoms with Crippen molar-refractivity contribution in [2.24, 2.45) is 5.92 Å². The van der Waals surface area contributed by atoms with Crippen LogP contribution in [0.5, 0.6) is 0 Å². The molecule has 1 aliphatic rings. The smallest absolute Gasteiger partial charge is 0.134 e. The van der Waals surface area contributed by atoms with Gasteiger partial charge in [0.15, 0.2) is 0 Å². The van der Waals surface area contributed by atoms with Crippen molar-refractivity contribution in [3.63, 3.8) is 0 Å².